The van der Waals surface area contributed by atoms with E-state index >= 15 is 0 Å². The van der Waals surface area contributed by atoms with Crippen LogP contribution in [0.1, 0.15) is 53.9 Å². The fourth-order valence-corrected chi connectivity index (χ4v) is 2.28. The highest BCUT2D eigenvalue weighted by Crippen LogP contribution is 2.24. The Kier molecular flexibility index (Phi) is 7.20. The molecule has 15 heavy (non-hydrogen) atoms. The van der Waals surface area contributed by atoms with E-state index in [1.54, 1.807) is 0 Å². The Hall–Kier alpha value is -0.0800. The summed E-state index contributed by atoms with van der Waals surface area (Å²) in [7, 11) is 0. The van der Waals surface area contributed by atoms with Gasteiger partial charge in [0.2, 0.25) is 0 Å². The number of rotatable bonds is 8. The Balaban J connectivity index is 4.58. The number of nitrogens with two attached hydrogens (primary N) is 1. The molecule has 0 saturated heterocycles. The van der Waals surface area contributed by atoms with Crippen LogP contribution in [0.5, 0.6) is 0 Å². The van der Waals surface area contributed by atoms with Crippen molar-refractivity contribution in [1.29, 1.82) is 0 Å². The van der Waals surface area contributed by atoms with Crippen molar-refractivity contribution in [2.45, 2.75) is 59.4 Å². The van der Waals surface area contributed by atoms with Gasteiger partial charge in [0, 0.05) is 18.6 Å². The maximum Gasteiger partial charge on any atom is 0.0326 e. The predicted molar refractivity (Wildman–Crippen MR) is 69.1 cm³/mol. The zero-order valence-electron chi connectivity index (χ0n) is 11.3. The van der Waals surface area contributed by atoms with Gasteiger partial charge in [-0.2, -0.15) is 0 Å². The molecule has 0 spiro atoms. The second-order valence-electron chi connectivity index (χ2n) is 4.69. The zero-order valence-corrected chi connectivity index (χ0v) is 11.3. The minimum absolute atomic E-state index is 0.234. The Morgan fingerprint density at radius 1 is 1.13 bits per heavy atom. The van der Waals surface area contributed by atoms with Gasteiger partial charge in [0.05, 0.1) is 0 Å². The fourth-order valence-electron chi connectivity index (χ4n) is 2.28. The maximum absolute atomic E-state index is 5.98. The third kappa shape index (κ3) is 3.76. The van der Waals surface area contributed by atoms with Crippen LogP contribution >= 0.6 is 0 Å². The highest BCUT2D eigenvalue weighted by Gasteiger charge is 2.31. The third-order valence-corrected chi connectivity index (χ3v) is 3.98. The molecule has 0 aromatic carbocycles. The van der Waals surface area contributed by atoms with Crippen LogP contribution in [0.3, 0.4) is 0 Å². The number of hydrogen-bond donors (Lipinski definition) is 1. The van der Waals surface area contributed by atoms with Crippen LogP contribution in [-0.2, 0) is 0 Å². The average Bonchev–Trinajstić information content (AvgIpc) is 2.29. The Labute approximate surface area is 96.2 Å². The van der Waals surface area contributed by atoms with Crippen molar-refractivity contribution < 1.29 is 0 Å². The van der Waals surface area contributed by atoms with Crippen molar-refractivity contribution in [3.63, 3.8) is 0 Å². The summed E-state index contributed by atoms with van der Waals surface area (Å²) in [5.74, 6) is 0.772. The molecule has 0 aromatic heterocycles. The lowest BCUT2D eigenvalue weighted by atomic mass is 9.89. The number of likely N-dealkylation sites (N-methyl/N-ethyl adjacent to an activating group) is 1. The predicted octanol–water partition coefficient (Wildman–Crippen LogP) is 2.87. The molecular weight excluding hydrogens is 184 g/mol. The van der Waals surface area contributed by atoms with Gasteiger partial charge in [0.25, 0.3) is 0 Å². The monoisotopic (exact) mass is 214 g/mol. The molecule has 0 amide bonds. The molecule has 2 nitrogen and oxygen atoms in total. The van der Waals surface area contributed by atoms with Crippen molar-refractivity contribution in [2.24, 2.45) is 11.7 Å². The van der Waals surface area contributed by atoms with Gasteiger partial charge in [-0.3, -0.25) is 4.90 Å². The molecule has 0 rings (SSSR count). The molecule has 0 bridgehead atoms. The van der Waals surface area contributed by atoms with E-state index in [0.29, 0.717) is 0 Å². The first-order valence-corrected chi connectivity index (χ1v) is 6.55. The largest absolute Gasteiger partial charge is 0.329 e. The third-order valence-electron chi connectivity index (χ3n) is 3.98. The molecular formula is C13H30N2. The van der Waals surface area contributed by atoms with Gasteiger partial charge < -0.3 is 5.73 Å². The van der Waals surface area contributed by atoms with Crippen molar-refractivity contribution >= 4 is 0 Å². The lowest BCUT2D eigenvalue weighted by Crippen LogP contribution is -2.54. The maximum atomic E-state index is 5.98. The van der Waals surface area contributed by atoms with E-state index in [0.717, 1.165) is 31.8 Å². The van der Waals surface area contributed by atoms with Gasteiger partial charge in [-0.25, -0.2) is 0 Å². The van der Waals surface area contributed by atoms with Crippen LogP contribution < -0.4 is 5.73 Å². The van der Waals surface area contributed by atoms with E-state index in [4.69, 9.17) is 5.73 Å². The van der Waals surface area contributed by atoms with Gasteiger partial charge in [0.1, 0.15) is 0 Å². The molecule has 0 aromatic rings. The minimum atomic E-state index is 0.234. The first-order chi connectivity index (χ1) is 7.10. The average molecular weight is 214 g/mol. The van der Waals surface area contributed by atoms with Crippen LogP contribution in [-0.4, -0.2) is 30.1 Å². The summed E-state index contributed by atoms with van der Waals surface area (Å²) in [5, 5.41) is 0. The summed E-state index contributed by atoms with van der Waals surface area (Å²) < 4.78 is 0. The number of nitrogens with zero attached hydrogens (tertiary/aromatic N) is 1. The summed E-state index contributed by atoms with van der Waals surface area (Å²) in [4.78, 5) is 2.58. The second-order valence-corrected chi connectivity index (χ2v) is 4.69. The lowest BCUT2D eigenvalue weighted by molar-refractivity contribution is 0.0749. The molecule has 0 aliphatic carbocycles. The Bertz CT molecular complexity index is 144. The van der Waals surface area contributed by atoms with Crippen molar-refractivity contribution in [3.8, 4) is 0 Å². The van der Waals surface area contributed by atoms with Crippen LogP contribution in [0.25, 0.3) is 0 Å². The van der Waals surface area contributed by atoms with Crippen LogP contribution in [0.15, 0.2) is 0 Å². The highest BCUT2D eigenvalue weighted by atomic mass is 15.2. The van der Waals surface area contributed by atoms with Crippen LogP contribution in [0.2, 0.25) is 0 Å². The quantitative estimate of drug-likeness (QED) is 0.673. The van der Waals surface area contributed by atoms with Crippen molar-refractivity contribution in [1.82, 2.24) is 4.90 Å². The van der Waals surface area contributed by atoms with Crippen LogP contribution in [0, 0.1) is 5.92 Å². The normalized spacial score (nSPS) is 14.6. The molecule has 1 atom stereocenters. The molecule has 2 N–H and O–H groups in total. The molecule has 0 saturated carbocycles. The molecule has 1 unspecified atom stereocenters. The molecule has 0 heterocycles. The van der Waals surface area contributed by atoms with E-state index < -0.39 is 0 Å². The first-order valence-electron chi connectivity index (χ1n) is 6.55. The smallest absolute Gasteiger partial charge is 0.0326 e. The van der Waals surface area contributed by atoms with Crippen molar-refractivity contribution in [3.05, 3.63) is 0 Å². The molecule has 92 valence electrons. The second kappa shape index (κ2) is 7.24. The SMILES string of the molecule is CCC(C)CN(CC)C(CC)(CC)CN. The van der Waals surface area contributed by atoms with E-state index in [9.17, 15) is 0 Å². The van der Waals surface area contributed by atoms with E-state index in [1.165, 1.54) is 13.0 Å². The summed E-state index contributed by atoms with van der Waals surface area (Å²) in [6.45, 7) is 14.4. The van der Waals surface area contributed by atoms with Crippen LogP contribution in [0.4, 0.5) is 0 Å². The van der Waals surface area contributed by atoms with Crippen molar-refractivity contribution in [2.75, 3.05) is 19.6 Å². The molecule has 0 aliphatic rings. The van der Waals surface area contributed by atoms with E-state index in [-0.39, 0.29) is 5.54 Å². The van der Waals surface area contributed by atoms with E-state index in [1.807, 2.05) is 0 Å². The molecule has 2 heteroatoms. The molecule has 0 aliphatic heterocycles. The number of hydrogen-bond acceptors (Lipinski definition) is 2. The standard InChI is InChI=1S/C13H30N2/c1-6-12(5)10-15(9-4)13(7-2,8-3)11-14/h12H,6-11,14H2,1-5H3. The lowest BCUT2D eigenvalue weighted by Gasteiger charge is -2.43. The summed E-state index contributed by atoms with van der Waals surface area (Å²) in [6, 6.07) is 0. The summed E-state index contributed by atoms with van der Waals surface area (Å²) >= 11 is 0. The molecule has 0 fully saturated rings. The Morgan fingerprint density at radius 3 is 1.93 bits per heavy atom. The van der Waals surface area contributed by atoms with Gasteiger partial charge in [-0.05, 0) is 25.3 Å². The topological polar surface area (TPSA) is 29.3 Å². The van der Waals surface area contributed by atoms with Gasteiger partial charge in [-0.1, -0.05) is 41.0 Å². The fraction of sp³-hybridized carbons (Fsp3) is 1.00. The zero-order chi connectivity index (χ0) is 11.9. The van der Waals surface area contributed by atoms with Gasteiger partial charge in [0.15, 0.2) is 0 Å². The minimum Gasteiger partial charge on any atom is -0.329 e. The highest BCUT2D eigenvalue weighted by molar-refractivity contribution is 4.89. The van der Waals surface area contributed by atoms with Gasteiger partial charge >= 0.3 is 0 Å². The Morgan fingerprint density at radius 2 is 1.67 bits per heavy atom. The van der Waals surface area contributed by atoms with Gasteiger partial charge in [-0.15, -0.1) is 0 Å². The summed E-state index contributed by atoms with van der Waals surface area (Å²) in [6.07, 6.45) is 3.57. The molecule has 0 radical (unpaired) electrons. The summed E-state index contributed by atoms with van der Waals surface area (Å²) in [5.41, 5.74) is 6.22. The first kappa shape index (κ1) is 14.9. The van der Waals surface area contributed by atoms with E-state index in [2.05, 4.69) is 39.5 Å².